The summed E-state index contributed by atoms with van der Waals surface area (Å²) in [6.07, 6.45) is 67.5. The number of hydrogen-bond donors (Lipinski definition) is 0. The Kier molecular flexibility index (Phi) is 40.1. The Hall–Kier alpha value is 1.72. The summed E-state index contributed by atoms with van der Waals surface area (Å²) in [5.41, 5.74) is 0. The average Bonchev–Trinajstić information content (AvgIpc) is 3.24. The molecule has 1 aliphatic carbocycles. The fraction of sp³-hybridized carbons (Fsp3) is 1.00. The zero-order valence-electron chi connectivity index (χ0n) is 41.9. The Morgan fingerprint density at radius 1 is 0.224 bits per heavy atom. The van der Waals surface area contributed by atoms with Crippen molar-refractivity contribution in [3.05, 3.63) is 0 Å². The molecule has 0 N–H and O–H groups in total. The highest BCUT2D eigenvalue weighted by Crippen LogP contribution is 2.88. The molecule has 0 radical (unpaired) electrons. The summed E-state index contributed by atoms with van der Waals surface area (Å²) in [6.45, 7) is 19.7. The van der Waals surface area contributed by atoms with Crippen LogP contribution >= 0.6 is 31.7 Å². The van der Waals surface area contributed by atoms with Gasteiger partial charge in [-0.2, -0.15) is 0 Å². The fourth-order valence-electron chi connectivity index (χ4n) is 11.0. The molecule has 0 atom stereocenters. The molecule has 0 aromatic heterocycles. The first-order valence-electron chi connectivity index (χ1n) is 27.5. The van der Waals surface area contributed by atoms with Gasteiger partial charge in [-0.1, -0.05) is 254 Å². The number of rotatable bonds is 44. The summed E-state index contributed by atoms with van der Waals surface area (Å²) in [7, 11) is 0.148. The van der Waals surface area contributed by atoms with Crippen LogP contribution in [-0.2, 0) is 0 Å². The van der Waals surface area contributed by atoms with Crippen LogP contribution in [-0.4, -0.2) is 59.1 Å². The van der Waals surface area contributed by atoms with E-state index in [1.54, 1.807) is 126 Å². The Balaban J connectivity index is 4.35. The molecule has 0 saturated heterocycles. The second-order valence-electron chi connectivity index (χ2n) is 19.3. The van der Waals surface area contributed by atoms with Gasteiger partial charge in [0.2, 0.25) is 0 Å². The summed E-state index contributed by atoms with van der Waals surface area (Å²) >= 11 is 0. The van der Waals surface area contributed by atoms with Gasteiger partial charge in [0.15, 0.2) is 0 Å². The predicted octanol–water partition coefficient (Wildman–Crippen LogP) is 21.5. The first-order valence-corrected chi connectivity index (χ1v) is 34.4. The molecular formula is C54H112P4. The molecule has 0 unspecified atom stereocenters. The number of unbranched alkanes of at least 4 members (excludes halogenated alkanes) is 24. The minimum atomic E-state index is 0.0371. The van der Waals surface area contributed by atoms with E-state index < -0.39 is 0 Å². The highest BCUT2D eigenvalue weighted by atomic mass is 31.2. The molecule has 1 aliphatic rings. The molecule has 58 heavy (non-hydrogen) atoms. The summed E-state index contributed by atoms with van der Waals surface area (Å²) in [5.74, 6) is 0. The normalized spacial score (nSPS) is 15.5. The van der Waals surface area contributed by atoms with Gasteiger partial charge in [-0.15, -0.1) is 0 Å². The van der Waals surface area contributed by atoms with Gasteiger partial charge in [0.25, 0.3) is 0 Å². The van der Waals surface area contributed by atoms with Crippen LogP contribution in [0.1, 0.15) is 287 Å². The average molecular weight is 885 g/mol. The fourth-order valence-corrected chi connectivity index (χ4v) is 33.0. The van der Waals surface area contributed by atoms with Crippen LogP contribution in [0.2, 0.25) is 0 Å². The van der Waals surface area contributed by atoms with Gasteiger partial charge in [-0.25, -0.2) is 0 Å². The standard InChI is InChI=1S/C54H112P4/c1-9-17-25-35-45-55(46-36-26-18-10-2)53(56(47-37-27-19-11-3)48-38-28-20-12-4)43-33-34-44-54(53,57(49-39-29-21-13-5)50-40-30-22-14-6)58(51-41-31-23-15-7)52-42-32-24-16-8/h9-52H2,1-8H3. The molecule has 0 spiro atoms. The van der Waals surface area contributed by atoms with Crippen LogP contribution in [0.5, 0.6) is 0 Å². The van der Waals surface area contributed by atoms with Crippen molar-refractivity contribution in [1.82, 2.24) is 0 Å². The van der Waals surface area contributed by atoms with Crippen molar-refractivity contribution < 1.29 is 0 Å². The van der Waals surface area contributed by atoms with Crippen molar-refractivity contribution in [3.63, 3.8) is 0 Å². The lowest BCUT2D eigenvalue weighted by Crippen LogP contribution is -2.54. The Morgan fingerprint density at radius 2 is 0.379 bits per heavy atom. The topological polar surface area (TPSA) is 0 Å². The SMILES string of the molecule is CCCCCCP(CCCCCC)C1(P(CCCCCC)CCCCCC)CCCCC1(P(CCCCCC)CCCCCC)P(CCCCCC)CCCCCC. The van der Waals surface area contributed by atoms with Crippen molar-refractivity contribution in [3.8, 4) is 0 Å². The van der Waals surface area contributed by atoms with Crippen molar-refractivity contribution in [2.45, 2.75) is 296 Å². The van der Waals surface area contributed by atoms with Gasteiger partial charge in [-0.05, 0) is 114 Å². The van der Waals surface area contributed by atoms with Crippen molar-refractivity contribution >= 4 is 31.7 Å². The Morgan fingerprint density at radius 3 is 0.517 bits per heavy atom. The third kappa shape index (κ3) is 22.1. The lowest BCUT2D eigenvalue weighted by atomic mass is 9.98. The second kappa shape index (κ2) is 40.2. The molecule has 1 rings (SSSR count). The lowest BCUT2D eigenvalue weighted by molar-refractivity contribution is 0.447. The van der Waals surface area contributed by atoms with Crippen LogP contribution < -0.4 is 0 Å². The molecule has 0 nitrogen and oxygen atoms in total. The van der Waals surface area contributed by atoms with Gasteiger partial charge in [0, 0.05) is 9.79 Å². The first kappa shape index (κ1) is 57.7. The maximum atomic E-state index is 2.46. The minimum Gasteiger partial charge on any atom is -0.0946 e. The summed E-state index contributed by atoms with van der Waals surface area (Å²) in [4.78, 5) is 1.46. The molecule has 0 aromatic carbocycles. The van der Waals surface area contributed by atoms with E-state index in [-0.39, 0.29) is 31.7 Å². The molecule has 348 valence electrons. The molecule has 0 heterocycles. The van der Waals surface area contributed by atoms with Crippen LogP contribution in [0.15, 0.2) is 0 Å². The molecule has 0 amide bonds. The smallest absolute Gasteiger partial charge is 0.0240 e. The lowest BCUT2D eigenvalue weighted by Gasteiger charge is -2.67. The zero-order valence-corrected chi connectivity index (χ0v) is 45.5. The molecule has 1 fully saturated rings. The summed E-state index contributed by atoms with van der Waals surface area (Å²) in [6, 6.07) is 0. The van der Waals surface area contributed by atoms with Gasteiger partial charge in [0.1, 0.15) is 0 Å². The van der Waals surface area contributed by atoms with Gasteiger partial charge < -0.3 is 0 Å². The number of hydrogen-bond acceptors (Lipinski definition) is 0. The van der Waals surface area contributed by atoms with E-state index in [4.69, 9.17) is 0 Å². The van der Waals surface area contributed by atoms with E-state index in [9.17, 15) is 0 Å². The third-order valence-electron chi connectivity index (χ3n) is 14.3. The summed E-state index contributed by atoms with van der Waals surface area (Å²) in [5, 5.41) is 0. The van der Waals surface area contributed by atoms with Crippen molar-refractivity contribution in [2.24, 2.45) is 0 Å². The summed E-state index contributed by atoms with van der Waals surface area (Å²) < 4.78 is 0. The third-order valence-corrected chi connectivity index (χ3v) is 31.8. The molecule has 0 aromatic rings. The maximum absolute atomic E-state index is 2.46. The van der Waals surface area contributed by atoms with Crippen LogP contribution in [0.4, 0.5) is 0 Å². The van der Waals surface area contributed by atoms with E-state index in [1.165, 1.54) is 154 Å². The van der Waals surface area contributed by atoms with E-state index in [0.29, 0.717) is 0 Å². The van der Waals surface area contributed by atoms with E-state index in [1.807, 2.05) is 0 Å². The van der Waals surface area contributed by atoms with Crippen LogP contribution in [0.25, 0.3) is 0 Å². The highest BCUT2D eigenvalue weighted by Gasteiger charge is 2.64. The largest absolute Gasteiger partial charge is 0.0946 e. The molecule has 0 aliphatic heterocycles. The maximum Gasteiger partial charge on any atom is 0.0240 e. The van der Waals surface area contributed by atoms with E-state index in [0.717, 1.165) is 9.79 Å². The van der Waals surface area contributed by atoms with Gasteiger partial charge in [-0.3, -0.25) is 0 Å². The van der Waals surface area contributed by atoms with Crippen molar-refractivity contribution in [2.75, 3.05) is 49.3 Å². The molecule has 4 heteroatoms. The molecular weight excluding hydrogens is 772 g/mol. The quantitative estimate of drug-likeness (QED) is 0.0422. The van der Waals surface area contributed by atoms with E-state index >= 15 is 0 Å². The van der Waals surface area contributed by atoms with Gasteiger partial charge in [0.05, 0.1) is 0 Å². The first-order chi connectivity index (χ1) is 28.5. The zero-order chi connectivity index (χ0) is 42.4. The highest BCUT2D eigenvalue weighted by molar-refractivity contribution is 7.85. The van der Waals surface area contributed by atoms with Crippen molar-refractivity contribution in [1.29, 1.82) is 0 Å². The van der Waals surface area contributed by atoms with Crippen LogP contribution in [0, 0.1) is 0 Å². The Labute approximate surface area is 375 Å². The van der Waals surface area contributed by atoms with Gasteiger partial charge >= 0.3 is 0 Å². The monoisotopic (exact) mass is 885 g/mol. The van der Waals surface area contributed by atoms with Crippen LogP contribution in [0.3, 0.4) is 0 Å². The second-order valence-corrected chi connectivity index (χ2v) is 30.9. The predicted molar refractivity (Wildman–Crippen MR) is 284 cm³/mol. The molecule has 1 saturated carbocycles. The molecule has 0 bridgehead atoms. The minimum absolute atomic E-state index is 0.0371. The van der Waals surface area contributed by atoms with E-state index in [2.05, 4.69) is 55.4 Å². The Bertz CT molecular complexity index is 673.